The van der Waals surface area contributed by atoms with Gasteiger partial charge in [0.15, 0.2) is 0 Å². The smallest absolute Gasteiger partial charge is 0.0609 e. The second-order valence-electron chi connectivity index (χ2n) is 2.89. The maximum absolute atomic E-state index is 5.54. The number of hydrogen-bond acceptors (Lipinski definition) is 2. The first-order valence-corrected chi connectivity index (χ1v) is 4.32. The van der Waals surface area contributed by atoms with Gasteiger partial charge in [0.05, 0.1) is 6.10 Å². The quantitative estimate of drug-likeness (QED) is 0.660. The van der Waals surface area contributed by atoms with Crippen molar-refractivity contribution >= 4 is 0 Å². The molecule has 0 bridgehead atoms. The molecule has 1 atom stereocenters. The first kappa shape index (κ1) is 11.4. The highest BCUT2D eigenvalue weighted by Crippen LogP contribution is 2.15. The van der Waals surface area contributed by atoms with Crippen molar-refractivity contribution in [3.05, 3.63) is 24.8 Å². The predicted octanol–water partition coefficient (Wildman–Crippen LogP) is 2.85. The number of allylic oxidation sites excluding steroid dienone is 2. The second-order valence-corrected chi connectivity index (χ2v) is 2.89. The standard InChI is InChI=1S/C10H16O.H3N/c1-2-3-4-7-10-8-5-6-9-11-10;/h2-4,10H,1,5-9H2;1H3/b4-3+;/t10-;/m0./s1. The van der Waals surface area contributed by atoms with Crippen molar-refractivity contribution in [2.75, 3.05) is 6.61 Å². The number of hydrogen-bond donors (Lipinski definition) is 1. The SMILES string of the molecule is C=C/C=C/C[C@H]1CCCCO1.N. The van der Waals surface area contributed by atoms with Crippen molar-refractivity contribution in [2.24, 2.45) is 0 Å². The van der Waals surface area contributed by atoms with E-state index in [9.17, 15) is 0 Å². The molecule has 70 valence electrons. The van der Waals surface area contributed by atoms with E-state index in [0.717, 1.165) is 13.0 Å². The lowest BCUT2D eigenvalue weighted by molar-refractivity contribution is 0.0184. The molecule has 1 saturated heterocycles. The molecule has 0 aliphatic carbocycles. The fourth-order valence-electron chi connectivity index (χ4n) is 1.32. The average molecular weight is 169 g/mol. The van der Waals surface area contributed by atoms with Crippen LogP contribution in [-0.4, -0.2) is 12.7 Å². The molecule has 1 heterocycles. The van der Waals surface area contributed by atoms with Gasteiger partial charge in [-0.1, -0.05) is 24.8 Å². The van der Waals surface area contributed by atoms with Gasteiger partial charge < -0.3 is 10.9 Å². The lowest BCUT2D eigenvalue weighted by atomic mass is 10.1. The molecule has 0 unspecified atom stereocenters. The summed E-state index contributed by atoms with van der Waals surface area (Å²) in [5.74, 6) is 0. The molecule has 3 N–H and O–H groups in total. The summed E-state index contributed by atoms with van der Waals surface area (Å²) >= 11 is 0. The molecule has 0 aromatic rings. The minimum Gasteiger partial charge on any atom is -0.378 e. The third-order valence-electron chi connectivity index (χ3n) is 1.95. The van der Waals surface area contributed by atoms with Crippen molar-refractivity contribution in [3.63, 3.8) is 0 Å². The molecule has 0 aromatic heterocycles. The Morgan fingerprint density at radius 2 is 2.25 bits per heavy atom. The highest BCUT2D eigenvalue weighted by Gasteiger charge is 2.10. The molecule has 0 saturated carbocycles. The van der Waals surface area contributed by atoms with Crippen LogP contribution in [0.25, 0.3) is 0 Å². The van der Waals surface area contributed by atoms with E-state index in [4.69, 9.17) is 4.74 Å². The van der Waals surface area contributed by atoms with Crippen LogP contribution in [-0.2, 0) is 4.74 Å². The first-order chi connectivity index (χ1) is 5.43. The second kappa shape index (κ2) is 7.07. The predicted molar refractivity (Wildman–Crippen MR) is 52.6 cm³/mol. The molecule has 0 aromatic carbocycles. The van der Waals surface area contributed by atoms with E-state index >= 15 is 0 Å². The Bertz CT molecular complexity index is 137. The van der Waals surface area contributed by atoms with Crippen LogP contribution in [0.3, 0.4) is 0 Å². The van der Waals surface area contributed by atoms with Gasteiger partial charge in [-0.3, -0.25) is 0 Å². The van der Waals surface area contributed by atoms with Crippen LogP contribution in [0.5, 0.6) is 0 Å². The zero-order valence-corrected chi connectivity index (χ0v) is 7.67. The van der Waals surface area contributed by atoms with Gasteiger partial charge in [0.2, 0.25) is 0 Å². The zero-order valence-electron chi connectivity index (χ0n) is 7.67. The summed E-state index contributed by atoms with van der Waals surface area (Å²) in [6, 6.07) is 0. The minimum absolute atomic E-state index is 0. The molecule has 1 aliphatic rings. The Kier molecular flexibility index (Phi) is 6.72. The average Bonchev–Trinajstić information content (AvgIpc) is 2.07. The Labute approximate surface area is 74.9 Å². The van der Waals surface area contributed by atoms with E-state index in [-0.39, 0.29) is 6.15 Å². The van der Waals surface area contributed by atoms with Gasteiger partial charge in [-0.05, 0) is 25.7 Å². The summed E-state index contributed by atoms with van der Waals surface area (Å²) in [4.78, 5) is 0. The topological polar surface area (TPSA) is 44.2 Å². The summed E-state index contributed by atoms with van der Waals surface area (Å²) in [5.41, 5.74) is 0. The van der Waals surface area contributed by atoms with Crippen LogP contribution in [0, 0.1) is 0 Å². The van der Waals surface area contributed by atoms with Crippen LogP contribution in [0.2, 0.25) is 0 Å². The van der Waals surface area contributed by atoms with Crippen LogP contribution >= 0.6 is 0 Å². The van der Waals surface area contributed by atoms with E-state index in [1.54, 1.807) is 0 Å². The molecular weight excluding hydrogens is 150 g/mol. The van der Waals surface area contributed by atoms with E-state index in [1.165, 1.54) is 19.3 Å². The van der Waals surface area contributed by atoms with E-state index in [0.29, 0.717) is 6.10 Å². The maximum atomic E-state index is 5.54. The van der Waals surface area contributed by atoms with Crippen molar-refractivity contribution in [3.8, 4) is 0 Å². The summed E-state index contributed by atoms with van der Waals surface area (Å²) in [6.45, 7) is 4.57. The van der Waals surface area contributed by atoms with Gasteiger partial charge in [-0.15, -0.1) is 0 Å². The van der Waals surface area contributed by atoms with Crippen molar-refractivity contribution in [2.45, 2.75) is 31.8 Å². The van der Waals surface area contributed by atoms with Gasteiger partial charge in [0.1, 0.15) is 0 Å². The lowest BCUT2D eigenvalue weighted by Crippen LogP contribution is -2.17. The summed E-state index contributed by atoms with van der Waals surface area (Å²) < 4.78 is 5.54. The third-order valence-corrected chi connectivity index (χ3v) is 1.95. The molecule has 1 aliphatic heterocycles. The van der Waals surface area contributed by atoms with Crippen molar-refractivity contribution in [1.29, 1.82) is 0 Å². The maximum Gasteiger partial charge on any atom is 0.0609 e. The van der Waals surface area contributed by atoms with E-state index in [2.05, 4.69) is 12.7 Å². The monoisotopic (exact) mass is 169 g/mol. The summed E-state index contributed by atoms with van der Waals surface area (Å²) in [7, 11) is 0. The Hall–Kier alpha value is -0.600. The Morgan fingerprint density at radius 1 is 1.42 bits per heavy atom. The van der Waals surface area contributed by atoms with E-state index in [1.807, 2.05) is 12.2 Å². The first-order valence-electron chi connectivity index (χ1n) is 4.32. The van der Waals surface area contributed by atoms with Gasteiger partial charge in [-0.2, -0.15) is 0 Å². The van der Waals surface area contributed by atoms with E-state index < -0.39 is 0 Å². The van der Waals surface area contributed by atoms with Crippen molar-refractivity contribution < 1.29 is 4.74 Å². The zero-order chi connectivity index (χ0) is 7.94. The van der Waals surface area contributed by atoms with Gasteiger partial charge in [0.25, 0.3) is 0 Å². The van der Waals surface area contributed by atoms with Crippen LogP contribution < -0.4 is 6.15 Å². The third kappa shape index (κ3) is 4.31. The van der Waals surface area contributed by atoms with Crippen molar-refractivity contribution in [1.82, 2.24) is 6.15 Å². The lowest BCUT2D eigenvalue weighted by Gasteiger charge is -2.20. The summed E-state index contributed by atoms with van der Waals surface area (Å²) in [6.07, 6.45) is 11.2. The number of rotatable bonds is 3. The van der Waals surface area contributed by atoms with Gasteiger partial charge >= 0.3 is 0 Å². The molecular formula is C10H19NO. The fourth-order valence-corrected chi connectivity index (χ4v) is 1.32. The molecule has 2 heteroatoms. The molecule has 0 amide bonds. The molecule has 0 spiro atoms. The molecule has 0 radical (unpaired) electrons. The van der Waals surface area contributed by atoms with Crippen LogP contribution in [0.15, 0.2) is 24.8 Å². The van der Waals surface area contributed by atoms with Crippen LogP contribution in [0.1, 0.15) is 25.7 Å². The largest absolute Gasteiger partial charge is 0.378 e. The molecule has 12 heavy (non-hydrogen) atoms. The molecule has 1 rings (SSSR count). The normalized spacial score (nSPS) is 23.5. The molecule has 1 fully saturated rings. The Morgan fingerprint density at radius 3 is 2.83 bits per heavy atom. The fraction of sp³-hybridized carbons (Fsp3) is 0.600. The van der Waals surface area contributed by atoms with Gasteiger partial charge in [0, 0.05) is 6.61 Å². The highest BCUT2D eigenvalue weighted by atomic mass is 16.5. The van der Waals surface area contributed by atoms with Crippen LogP contribution in [0.4, 0.5) is 0 Å². The number of ether oxygens (including phenoxy) is 1. The molecule has 2 nitrogen and oxygen atoms in total. The Balaban J connectivity index is 0.00000121. The van der Waals surface area contributed by atoms with Gasteiger partial charge in [-0.25, -0.2) is 0 Å². The minimum atomic E-state index is 0. The summed E-state index contributed by atoms with van der Waals surface area (Å²) in [5, 5.41) is 0. The highest BCUT2D eigenvalue weighted by molar-refractivity contribution is 4.98.